The zero-order valence-electron chi connectivity index (χ0n) is 10.8. The number of carbonyl (C=O) groups excluding carboxylic acids is 1. The van der Waals surface area contributed by atoms with E-state index in [1.807, 2.05) is 6.07 Å². The van der Waals surface area contributed by atoms with Crippen molar-refractivity contribution in [3.63, 3.8) is 0 Å². The van der Waals surface area contributed by atoms with Gasteiger partial charge in [0.05, 0.1) is 6.07 Å². The molecule has 2 aromatic rings. The van der Waals surface area contributed by atoms with Crippen molar-refractivity contribution < 1.29 is 18.7 Å². The number of nitrogens with zero attached hydrogens (tertiary/aromatic N) is 1. The molecular weight excluding hydrogens is 294 g/mol. The van der Waals surface area contributed by atoms with E-state index in [0.717, 1.165) is 0 Å². The van der Waals surface area contributed by atoms with Gasteiger partial charge in [0, 0.05) is 0 Å². The Morgan fingerprint density at radius 2 is 1.95 bits per heavy atom. The highest BCUT2D eigenvalue weighted by Gasteiger charge is 2.26. The Morgan fingerprint density at radius 3 is 2.62 bits per heavy atom. The van der Waals surface area contributed by atoms with Crippen LogP contribution in [0.5, 0.6) is 11.5 Å². The Bertz CT molecular complexity index is 732. The summed E-state index contributed by atoms with van der Waals surface area (Å²) in [5.41, 5.74) is 0.527. The summed E-state index contributed by atoms with van der Waals surface area (Å²) in [5, 5.41) is 9.41. The molecular formula is C15H10ClNO4. The minimum absolute atomic E-state index is 0.0569. The van der Waals surface area contributed by atoms with Crippen LogP contribution < -0.4 is 9.47 Å². The van der Waals surface area contributed by atoms with Gasteiger partial charge in [0.1, 0.15) is 19.1 Å². The molecule has 1 aliphatic heterocycles. The van der Waals surface area contributed by atoms with Crippen molar-refractivity contribution >= 4 is 17.4 Å². The summed E-state index contributed by atoms with van der Waals surface area (Å²) < 4.78 is 15.9. The third-order valence-electron chi connectivity index (χ3n) is 3.11. The summed E-state index contributed by atoms with van der Waals surface area (Å²) in [6, 6.07) is 9.91. The standard InChI is InChI=1S/C15H10ClNO4/c16-14-4-3-12(21-14)15(18)10(8-17)9-1-2-11-13(7-9)20-6-5-19-11/h1-4,7,10H,5-6H2. The molecule has 0 fully saturated rings. The molecule has 106 valence electrons. The van der Waals surface area contributed by atoms with E-state index in [-0.39, 0.29) is 11.0 Å². The normalized spacial score (nSPS) is 14.3. The first-order chi connectivity index (χ1) is 10.2. The van der Waals surface area contributed by atoms with Crippen LogP contribution in [0.15, 0.2) is 34.7 Å². The van der Waals surface area contributed by atoms with Gasteiger partial charge in [-0.05, 0) is 41.4 Å². The Labute approximate surface area is 125 Å². The van der Waals surface area contributed by atoms with Gasteiger partial charge < -0.3 is 13.9 Å². The minimum atomic E-state index is -0.983. The fourth-order valence-corrected chi connectivity index (χ4v) is 2.26. The van der Waals surface area contributed by atoms with Crippen molar-refractivity contribution in [2.75, 3.05) is 13.2 Å². The zero-order valence-corrected chi connectivity index (χ0v) is 11.6. The van der Waals surface area contributed by atoms with E-state index >= 15 is 0 Å². The van der Waals surface area contributed by atoms with Crippen LogP contribution in [-0.2, 0) is 0 Å². The number of nitriles is 1. The molecule has 0 spiro atoms. The highest BCUT2D eigenvalue weighted by atomic mass is 35.5. The predicted molar refractivity (Wildman–Crippen MR) is 73.8 cm³/mol. The molecule has 1 aliphatic rings. The third-order valence-corrected chi connectivity index (χ3v) is 3.31. The molecule has 6 heteroatoms. The van der Waals surface area contributed by atoms with Crippen LogP contribution in [-0.4, -0.2) is 19.0 Å². The number of hydrogen-bond acceptors (Lipinski definition) is 5. The van der Waals surface area contributed by atoms with Crippen molar-refractivity contribution in [2.45, 2.75) is 5.92 Å². The SMILES string of the molecule is N#CC(C(=O)c1ccc(Cl)o1)c1ccc2c(c1)OCCO2. The van der Waals surface area contributed by atoms with E-state index in [0.29, 0.717) is 30.3 Å². The van der Waals surface area contributed by atoms with Crippen LogP contribution in [0.3, 0.4) is 0 Å². The fraction of sp³-hybridized carbons (Fsp3) is 0.200. The molecule has 0 aliphatic carbocycles. The number of halogens is 1. The van der Waals surface area contributed by atoms with Gasteiger partial charge in [-0.3, -0.25) is 4.79 Å². The first-order valence-corrected chi connectivity index (χ1v) is 6.65. The maximum atomic E-state index is 12.3. The number of Topliss-reactive ketones (excluding diaryl/α,β-unsaturated/α-hetero) is 1. The van der Waals surface area contributed by atoms with Crippen LogP contribution in [0.2, 0.25) is 5.22 Å². The third kappa shape index (κ3) is 2.58. The van der Waals surface area contributed by atoms with Crippen LogP contribution in [0, 0.1) is 11.3 Å². The number of hydrogen-bond donors (Lipinski definition) is 0. The molecule has 1 unspecified atom stereocenters. The predicted octanol–water partition coefficient (Wildman–Crippen LogP) is 3.19. The Kier molecular flexibility index (Phi) is 3.55. The Morgan fingerprint density at radius 1 is 1.19 bits per heavy atom. The second-order valence-corrected chi connectivity index (χ2v) is 4.81. The molecule has 0 saturated carbocycles. The molecule has 1 atom stereocenters. The lowest BCUT2D eigenvalue weighted by Gasteiger charge is -2.19. The maximum absolute atomic E-state index is 12.3. The van der Waals surface area contributed by atoms with Crippen molar-refractivity contribution in [1.29, 1.82) is 5.26 Å². The molecule has 21 heavy (non-hydrogen) atoms. The lowest BCUT2D eigenvalue weighted by atomic mass is 9.94. The van der Waals surface area contributed by atoms with E-state index < -0.39 is 11.7 Å². The minimum Gasteiger partial charge on any atom is -0.486 e. The van der Waals surface area contributed by atoms with Gasteiger partial charge in [-0.2, -0.15) is 5.26 Å². The smallest absolute Gasteiger partial charge is 0.219 e. The molecule has 1 aromatic carbocycles. The Hall–Kier alpha value is -2.45. The van der Waals surface area contributed by atoms with E-state index in [2.05, 4.69) is 0 Å². The second kappa shape index (κ2) is 5.51. The Balaban J connectivity index is 1.93. The van der Waals surface area contributed by atoms with E-state index in [1.165, 1.54) is 12.1 Å². The fourth-order valence-electron chi connectivity index (χ4n) is 2.11. The lowest BCUT2D eigenvalue weighted by molar-refractivity contribution is 0.0951. The average Bonchev–Trinajstić information content (AvgIpc) is 2.94. The van der Waals surface area contributed by atoms with Gasteiger partial charge in [0.2, 0.25) is 5.78 Å². The molecule has 0 amide bonds. The number of carbonyl (C=O) groups is 1. The topological polar surface area (TPSA) is 72.5 Å². The van der Waals surface area contributed by atoms with Gasteiger partial charge in [0.25, 0.3) is 0 Å². The maximum Gasteiger partial charge on any atom is 0.219 e. The van der Waals surface area contributed by atoms with Crippen molar-refractivity contribution in [3.8, 4) is 17.6 Å². The van der Waals surface area contributed by atoms with E-state index in [9.17, 15) is 10.1 Å². The molecule has 2 heterocycles. The summed E-state index contributed by atoms with van der Waals surface area (Å²) in [6.45, 7) is 0.924. The number of benzene rings is 1. The second-order valence-electron chi connectivity index (χ2n) is 4.43. The first-order valence-electron chi connectivity index (χ1n) is 6.28. The zero-order chi connectivity index (χ0) is 14.8. The van der Waals surface area contributed by atoms with Crippen LogP contribution >= 0.6 is 11.6 Å². The average molecular weight is 304 g/mol. The molecule has 1 aromatic heterocycles. The van der Waals surface area contributed by atoms with Gasteiger partial charge >= 0.3 is 0 Å². The van der Waals surface area contributed by atoms with Gasteiger partial charge in [-0.1, -0.05) is 6.07 Å². The van der Waals surface area contributed by atoms with Gasteiger partial charge in [0.15, 0.2) is 22.5 Å². The van der Waals surface area contributed by atoms with Crippen LogP contribution in [0.4, 0.5) is 0 Å². The molecule has 0 bridgehead atoms. The van der Waals surface area contributed by atoms with Crippen LogP contribution in [0.1, 0.15) is 22.0 Å². The van der Waals surface area contributed by atoms with E-state index in [1.54, 1.807) is 18.2 Å². The van der Waals surface area contributed by atoms with E-state index in [4.69, 9.17) is 25.5 Å². The quantitative estimate of drug-likeness (QED) is 0.814. The molecule has 0 N–H and O–H groups in total. The lowest BCUT2D eigenvalue weighted by Crippen LogP contribution is -2.16. The van der Waals surface area contributed by atoms with Gasteiger partial charge in [-0.15, -0.1) is 0 Å². The number of ketones is 1. The van der Waals surface area contributed by atoms with Crippen molar-refractivity contribution in [3.05, 3.63) is 46.9 Å². The van der Waals surface area contributed by atoms with Crippen LogP contribution in [0.25, 0.3) is 0 Å². The summed E-state index contributed by atoms with van der Waals surface area (Å²) in [4.78, 5) is 12.3. The summed E-state index contributed by atoms with van der Waals surface area (Å²) in [7, 11) is 0. The summed E-state index contributed by atoms with van der Waals surface area (Å²) >= 11 is 5.65. The molecule has 0 radical (unpaired) electrons. The highest BCUT2D eigenvalue weighted by Crippen LogP contribution is 2.34. The first kappa shape index (κ1) is 13.5. The number of rotatable bonds is 3. The molecule has 5 nitrogen and oxygen atoms in total. The summed E-state index contributed by atoms with van der Waals surface area (Å²) in [5.74, 6) is -0.231. The molecule has 3 rings (SSSR count). The molecule has 0 saturated heterocycles. The van der Waals surface area contributed by atoms with Crippen molar-refractivity contribution in [2.24, 2.45) is 0 Å². The largest absolute Gasteiger partial charge is 0.486 e. The van der Waals surface area contributed by atoms with Crippen molar-refractivity contribution in [1.82, 2.24) is 0 Å². The van der Waals surface area contributed by atoms with Gasteiger partial charge in [-0.25, -0.2) is 0 Å². The number of furan rings is 1. The monoisotopic (exact) mass is 303 g/mol. The number of fused-ring (bicyclic) bond motifs is 1. The summed E-state index contributed by atoms with van der Waals surface area (Å²) in [6.07, 6.45) is 0. The highest BCUT2D eigenvalue weighted by molar-refractivity contribution is 6.29. The number of ether oxygens (including phenoxy) is 2.